The fraction of sp³-hybridized carbons (Fsp3) is 0.200. The van der Waals surface area contributed by atoms with Crippen molar-refractivity contribution in [2.24, 2.45) is 5.73 Å². The maximum atomic E-state index is 11.3. The van der Waals surface area contributed by atoms with Gasteiger partial charge in [-0.15, -0.1) is 0 Å². The minimum Gasteiger partial charge on any atom is -0.366 e. The zero-order chi connectivity index (χ0) is 19.1. The molecule has 0 radical (unpaired) electrons. The summed E-state index contributed by atoms with van der Waals surface area (Å²) in [5.74, 6) is -0.193. The highest BCUT2D eigenvalue weighted by Gasteiger charge is 2.20. The van der Waals surface area contributed by atoms with Gasteiger partial charge in [0.1, 0.15) is 6.33 Å². The number of nitrogens with two attached hydrogens (primary N) is 1. The molecule has 4 aromatic rings. The number of aromatic nitrogens is 5. The third-order valence-corrected chi connectivity index (χ3v) is 4.67. The Labute approximate surface area is 156 Å². The van der Waals surface area contributed by atoms with Crippen LogP contribution >= 0.6 is 0 Å². The SMILES string of the molecule is Cc1cc(-c2[nH]nc(-c3ccc(C(N)=O)cc3)c2C(C)C)cn2ncnc12. The second-order valence-corrected chi connectivity index (χ2v) is 6.90. The smallest absolute Gasteiger partial charge is 0.248 e. The summed E-state index contributed by atoms with van der Waals surface area (Å²) in [5.41, 5.74) is 12.6. The molecule has 0 saturated carbocycles. The van der Waals surface area contributed by atoms with E-state index in [1.807, 2.05) is 25.3 Å². The van der Waals surface area contributed by atoms with E-state index in [0.717, 1.165) is 39.3 Å². The Morgan fingerprint density at radius 3 is 2.59 bits per heavy atom. The summed E-state index contributed by atoms with van der Waals surface area (Å²) in [6.45, 7) is 6.29. The Morgan fingerprint density at radius 1 is 1.19 bits per heavy atom. The molecule has 0 saturated heterocycles. The van der Waals surface area contributed by atoms with Gasteiger partial charge in [0.25, 0.3) is 0 Å². The number of nitrogens with zero attached hydrogens (tertiary/aromatic N) is 4. The van der Waals surface area contributed by atoms with Gasteiger partial charge in [-0.05, 0) is 36.6 Å². The number of fused-ring (bicyclic) bond motifs is 1. The predicted octanol–water partition coefficient (Wildman–Crippen LogP) is 3.32. The van der Waals surface area contributed by atoms with Gasteiger partial charge in [0.2, 0.25) is 5.91 Å². The molecule has 136 valence electrons. The molecule has 0 atom stereocenters. The topological polar surface area (TPSA) is 102 Å². The Kier molecular flexibility index (Phi) is 3.99. The summed E-state index contributed by atoms with van der Waals surface area (Å²) in [6.07, 6.45) is 3.50. The summed E-state index contributed by atoms with van der Waals surface area (Å²) in [4.78, 5) is 15.6. The molecule has 1 aromatic carbocycles. The van der Waals surface area contributed by atoms with Crippen LogP contribution in [0, 0.1) is 6.92 Å². The van der Waals surface area contributed by atoms with Crippen molar-refractivity contribution >= 4 is 11.6 Å². The number of hydrogen-bond acceptors (Lipinski definition) is 4. The predicted molar refractivity (Wildman–Crippen MR) is 103 cm³/mol. The van der Waals surface area contributed by atoms with E-state index in [1.165, 1.54) is 0 Å². The number of aromatic amines is 1. The average Bonchev–Trinajstić information content (AvgIpc) is 3.28. The lowest BCUT2D eigenvalue weighted by molar-refractivity contribution is 0.100. The molecule has 0 bridgehead atoms. The lowest BCUT2D eigenvalue weighted by Crippen LogP contribution is -2.10. The van der Waals surface area contributed by atoms with Gasteiger partial charge in [-0.25, -0.2) is 9.50 Å². The van der Waals surface area contributed by atoms with E-state index in [4.69, 9.17) is 5.73 Å². The van der Waals surface area contributed by atoms with E-state index in [-0.39, 0.29) is 5.92 Å². The minimum atomic E-state index is -0.440. The molecule has 0 fully saturated rings. The lowest BCUT2D eigenvalue weighted by Gasteiger charge is -2.11. The number of nitrogens with one attached hydrogen (secondary N) is 1. The third-order valence-electron chi connectivity index (χ3n) is 4.67. The highest BCUT2D eigenvalue weighted by atomic mass is 16.1. The van der Waals surface area contributed by atoms with Crippen LogP contribution in [0.4, 0.5) is 0 Å². The molecule has 0 unspecified atom stereocenters. The number of pyridine rings is 1. The van der Waals surface area contributed by atoms with Gasteiger partial charge in [-0.1, -0.05) is 26.0 Å². The van der Waals surface area contributed by atoms with Gasteiger partial charge >= 0.3 is 0 Å². The first-order valence-electron chi connectivity index (χ1n) is 8.74. The summed E-state index contributed by atoms with van der Waals surface area (Å²) in [6, 6.07) is 9.28. The first-order chi connectivity index (χ1) is 13.0. The van der Waals surface area contributed by atoms with Gasteiger partial charge in [0.15, 0.2) is 5.65 Å². The molecule has 1 amide bonds. The Morgan fingerprint density at radius 2 is 1.93 bits per heavy atom. The number of carbonyl (C=O) groups excluding carboxylic acids is 1. The van der Waals surface area contributed by atoms with Crippen LogP contribution < -0.4 is 5.73 Å². The van der Waals surface area contributed by atoms with Gasteiger partial charge in [0.05, 0.1) is 11.4 Å². The fourth-order valence-electron chi connectivity index (χ4n) is 3.38. The van der Waals surface area contributed by atoms with E-state index >= 15 is 0 Å². The number of primary amides is 1. The second-order valence-electron chi connectivity index (χ2n) is 6.90. The number of hydrogen-bond donors (Lipinski definition) is 2. The largest absolute Gasteiger partial charge is 0.366 e. The Balaban J connectivity index is 1.86. The van der Waals surface area contributed by atoms with Crippen LogP contribution in [0.15, 0.2) is 42.9 Å². The molecule has 0 spiro atoms. The number of H-pyrrole nitrogens is 1. The molecule has 4 rings (SSSR count). The standard InChI is InChI=1S/C20H20N6O/c1-11(2)16-17(13-4-6-14(7-5-13)19(21)27)24-25-18(16)15-8-12(3)20-22-10-23-26(20)9-15/h4-11H,1-3H3,(H2,21,27)(H,24,25). The highest BCUT2D eigenvalue weighted by Crippen LogP contribution is 2.35. The minimum absolute atomic E-state index is 0.247. The normalized spacial score (nSPS) is 11.4. The van der Waals surface area contributed by atoms with Crippen molar-refractivity contribution in [1.82, 2.24) is 24.8 Å². The van der Waals surface area contributed by atoms with Gasteiger partial charge in [-0.3, -0.25) is 9.89 Å². The first kappa shape index (κ1) is 17.0. The van der Waals surface area contributed by atoms with Crippen molar-refractivity contribution in [1.29, 1.82) is 0 Å². The first-order valence-corrected chi connectivity index (χ1v) is 8.74. The molecule has 7 heteroatoms. The molecule has 3 heterocycles. The van der Waals surface area contributed by atoms with Crippen LogP contribution in [-0.4, -0.2) is 30.7 Å². The molecular weight excluding hydrogens is 340 g/mol. The quantitative estimate of drug-likeness (QED) is 0.583. The van der Waals surface area contributed by atoms with Gasteiger partial charge in [0, 0.05) is 28.5 Å². The summed E-state index contributed by atoms with van der Waals surface area (Å²) in [7, 11) is 0. The fourth-order valence-corrected chi connectivity index (χ4v) is 3.38. The molecule has 0 aliphatic rings. The van der Waals surface area contributed by atoms with Crippen molar-refractivity contribution in [3.63, 3.8) is 0 Å². The van der Waals surface area contributed by atoms with Crippen LogP contribution in [0.3, 0.4) is 0 Å². The molecule has 0 aliphatic heterocycles. The van der Waals surface area contributed by atoms with Gasteiger partial charge in [-0.2, -0.15) is 10.2 Å². The van der Waals surface area contributed by atoms with E-state index in [0.29, 0.717) is 5.56 Å². The molecular formula is C20H20N6O. The van der Waals surface area contributed by atoms with Crippen molar-refractivity contribution in [2.45, 2.75) is 26.7 Å². The van der Waals surface area contributed by atoms with E-state index < -0.39 is 5.91 Å². The van der Waals surface area contributed by atoms with Gasteiger partial charge < -0.3 is 5.73 Å². The van der Waals surface area contributed by atoms with Crippen molar-refractivity contribution in [3.8, 4) is 22.5 Å². The molecule has 3 N–H and O–H groups in total. The zero-order valence-corrected chi connectivity index (χ0v) is 15.4. The van der Waals surface area contributed by atoms with E-state index in [2.05, 4.69) is 40.2 Å². The molecule has 27 heavy (non-hydrogen) atoms. The molecule has 3 aromatic heterocycles. The summed E-state index contributed by atoms with van der Waals surface area (Å²) >= 11 is 0. The number of rotatable bonds is 4. The number of carbonyl (C=O) groups is 1. The maximum Gasteiger partial charge on any atom is 0.248 e. The average molecular weight is 360 g/mol. The summed E-state index contributed by atoms with van der Waals surface area (Å²) < 4.78 is 1.77. The van der Waals surface area contributed by atoms with E-state index in [9.17, 15) is 4.79 Å². The van der Waals surface area contributed by atoms with Crippen LogP contribution in [0.1, 0.15) is 41.3 Å². The lowest BCUT2D eigenvalue weighted by atomic mass is 9.93. The third kappa shape index (κ3) is 2.87. The van der Waals surface area contributed by atoms with E-state index in [1.54, 1.807) is 23.0 Å². The van der Waals surface area contributed by atoms with Crippen molar-refractivity contribution < 1.29 is 4.79 Å². The van der Waals surface area contributed by atoms with Crippen LogP contribution in [0.5, 0.6) is 0 Å². The second kappa shape index (κ2) is 6.35. The molecule has 0 aliphatic carbocycles. The van der Waals surface area contributed by atoms with Crippen LogP contribution in [-0.2, 0) is 0 Å². The highest BCUT2D eigenvalue weighted by molar-refractivity contribution is 5.93. The monoisotopic (exact) mass is 360 g/mol. The number of aryl methyl sites for hydroxylation is 1. The zero-order valence-electron chi connectivity index (χ0n) is 15.4. The Hall–Kier alpha value is -3.48. The van der Waals surface area contributed by atoms with Crippen molar-refractivity contribution in [3.05, 3.63) is 59.5 Å². The van der Waals surface area contributed by atoms with Crippen LogP contribution in [0.25, 0.3) is 28.2 Å². The summed E-state index contributed by atoms with van der Waals surface area (Å²) in [5, 5.41) is 12.0. The van der Waals surface area contributed by atoms with Crippen LogP contribution in [0.2, 0.25) is 0 Å². The Bertz CT molecular complexity index is 1140. The number of amides is 1. The number of benzene rings is 1. The maximum absolute atomic E-state index is 11.3. The van der Waals surface area contributed by atoms with Crippen molar-refractivity contribution in [2.75, 3.05) is 0 Å². The molecule has 7 nitrogen and oxygen atoms in total.